The maximum atomic E-state index is 13.7. The number of hydrogen-bond acceptors (Lipinski definition) is 3. The van der Waals surface area contributed by atoms with Crippen LogP contribution in [0.4, 0.5) is 5.69 Å². The molecule has 1 aliphatic heterocycles. The SMILES string of the molecule is CCC(C(=O)NC1CCCC1)N(Cc1ccccc1C)C(=O)CCCN1C(=O)c2cccc3cccc1c23. The lowest BCUT2D eigenvalue weighted by atomic mass is 10.0. The lowest BCUT2D eigenvalue weighted by Gasteiger charge is -2.32. The van der Waals surface area contributed by atoms with Crippen LogP contribution in [0.5, 0.6) is 0 Å². The largest absolute Gasteiger partial charge is 0.352 e. The van der Waals surface area contributed by atoms with Crippen molar-refractivity contribution in [2.75, 3.05) is 11.4 Å². The second-order valence-corrected chi connectivity index (χ2v) is 10.6. The van der Waals surface area contributed by atoms with Gasteiger partial charge in [-0.15, -0.1) is 0 Å². The summed E-state index contributed by atoms with van der Waals surface area (Å²) in [5, 5.41) is 5.25. The fourth-order valence-electron chi connectivity index (χ4n) is 5.99. The quantitative estimate of drug-likeness (QED) is 0.377. The third-order valence-electron chi connectivity index (χ3n) is 8.11. The summed E-state index contributed by atoms with van der Waals surface area (Å²) in [7, 11) is 0. The van der Waals surface area contributed by atoms with E-state index < -0.39 is 6.04 Å². The molecule has 1 fully saturated rings. The number of nitrogens with zero attached hydrogens (tertiary/aromatic N) is 2. The molecule has 2 aliphatic rings. The van der Waals surface area contributed by atoms with Crippen LogP contribution in [0.1, 0.15) is 73.4 Å². The van der Waals surface area contributed by atoms with Crippen molar-refractivity contribution in [3.05, 3.63) is 77.4 Å². The summed E-state index contributed by atoms with van der Waals surface area (Å²) < 4.78 is 0. The van der Waals surface area contributed by atoms with E-state index in [1.165, 1.54) is 0 Å². The molecule has 6 nitrogen and oxygen atoms in total. The third kappa shape index (κ3) is 5.17. The van der Waals surface area contributed by atoms with Crippen molar-refractivity contribution in [3.8, 4) is 0 Å². The average molecular weight is 512 g/mol. The number of amides is 3. The van der Waals surface area contributed by atoms with Crippen LogP contribution in [0, 0.1) is 6.92 Å². The van der Waals surface area contributed by atoms with E-state index in [9.17, 15) is 14.4 Å². The maximum absolute atomic E-state index is 13.7. The number of anilines is 1. The average Bonchev–Trinajstić information content (AvgIpc) is 3.53. The van der Waals surface area contributed by atoms with E-state index in [-0.39, 0.29) is 30.2 Å². The van der Waals surface area contributed by atoms with Gasteiger partial charge in [-0.1, -0.05) is 68.3 Å². The Morgan fingerprint density at radius 1 is 1.03 bits per heavy atom. The molecule has 1 saturated carbocycles. The van der Waals surface area contributed by atoms with E-state index in [0.717, 1.165) is 58.8 Å². The monoisotopic (exact) mass is 511 g/mol. The molecule has 1 aliphatic carbocycles. The van der Waals surface area contributed by atoms with E-state index >= 15 is 0 Å². The lowest BCUT2D eigenvalue weighted by molar-refractivity contribution is -0.141. The van der Waals surface area contributed by atoms with Gasteiger partial charge in [0.05, 0.1) is 5.69 Å². The fourth-order valence-corrected chi connectivity index (χ4v) is 5.99. The van der Waals surface area contributed by atoms with Crippen molar-refractivity contribution in [2.45, 2.75) is 77.4 Å². The molecular formula is C32H37N3O3. The zero-order valence-corrected chi connectivity index (χ0v) is 22.4. The number of benzene rings is 3. The molecule has 0 radical (unpaired) electrons. The van der Waals surface area contributed by atoms with Crippen molar-refractivity contribution < 1.29 is 14.4 Å². The van der Waals surface area contributed by atoms with Crippen molar-refractivity contribution in [1.29, 1.82) is 0 Å². The predicted molar refractivity (Wildman–Crippen MR) is 151 cm³/mol. The Hall–Kier alpha value is -3.67. The molecule has 1 unspecified atom stereocenters. The Balaban J connectivity index is 1.30. The molecule has 5 rings (SSSR count). The second-order valence-electron chi connectivity index (χ2n) is 10.6. The Labute approximate surface area is 225 Å². The number of carbonyl (C=O) groups is 3. The first-order valence-electron chi connectivity index (χ1n) is 14.0. The highest BCUT2D eigenvalue weighted by Gasteiger charge is 2.32. The molecule has 1 N–H and O–H groups in total. The lowest BCUT2D eigenvalue weighted by Crippen LogP contribution is -2.51. The van der Waals surface area contributed by atoms with E-state index in [1.54, 1.807) is 9.80 Å². The molecule has 0 aromatic heterocycles. The normalized spacial score (nSPS) is 15.7. The summed E-state index contributed by atoms with van der Waals surface area (Å²) in [5.41, 5.74) is 3.78. The van der Waals surface area contributed by atoms with Crippen molar-refractivity contribution in [3.63, 3.8) is 0 Å². The van der Waals surface area contributed by atoms with Gasteiger partial charge in [0.2, 0.25) is 11.8 Å². The number of aryl methyl sites for hydroxylation is 1. The molecule has 1 atom stereocenters. The van der Waals surface area contributed by atoms with Crippen molar-refractivity contribution >= 4 is 34.2 Å². The molecule has 0 saturated heterocycles. The van der Waals surface area contributed by atoms with E-state index in [1.807, 2.05) is 74.5 Å². The van der Waals surface area contributed by atoms with Crippen LogP contribution in [0.25, 0.3) is 10.8 Å². The van der Waals surface area contributed by atoms with Crippen molar-refractivity contribution in [1.82, 2.24) is 10.2 Å². The van der Waals surface area contributed by atoms with E-state index in [0.29, 0.717) is 25.9 Å². The summed E-state index contributed by atoms with van der Waals surface area (Å²) in [4.78, 5) is 43.8. The van der Waals surface area contributed by atoms with E-state index in [2.05, 4.69) is 5.32 Å². The first kappa shape index (κ1) is 26.0. The van der Waals surface area contributed by atoms with Crippen LogP contribution in [0.3, 0.4) is 0 Å². The van der Waals surface area contributed by atoms with Crippen LogP contribution in [0.15, 0.2) is 60.7 Å². The van der Waals surface area contributed by atoms with Gasteiger partial charge < -0.3 is 15.1 Å². The minimum atomic E-state index is -0.519. The zero-order chi connectivity index (χ0) is 26.6. The predicted octanol–water partition coefficient (Wildman–Crippen LogP) is 5.75. The van der Waals surface area contributed by atoms with Gasteiger partial charge in [-0.2, -0.15) is 0 Å². The highest BCUT2D eigenvalue weighted by molar-refractivity contribution is 6.25. The Morgan fingerprint density at radius 2 is 1.76 bits per heavy atom. The summed E-state index contributed by atoms with van der Waals surface area (Å²) in [6.45, 7) is 4.86. The summed E-state index contributed by atoms with van der Waals surface area (Å²) in [6.07, 6.45) is 5.65. The van der Waals surface area contributed by atoms with Gasteiger partial charge >= 0.3 is 0 Å². The van der Waals surface area contributed by atoms with Gasteiger partial charge in [0.1, 0.15) is 6.04 Å². The van der Waals surface area contributed by atoms with Gasteiger partial charge in [0.15, 0.2) is 0 Å². The Bertz CT molecular complexity index is 1340. The second kappa shape index (κ2) is 11.4. The molecule has 1 heterocycles. The standard InChI is InChI=1S/C32H37N3O3/c1-3-27(31(37)33-25-15-6-7-16-25)35(21-24-12-5-4-11-22(24)2)29(36)19-10-20-34-28-18-9-14-23-13-8-17-26(30(23)28)32(34)38/h4-5,8-9,11-14,17-18,25,27H,3,6-7,10,15-16,19-21H2,1-2H3,(H,33,37). The molecule has 0 spiro atoms. The maximum Gasteiger partial charge on any atom is 0.258 e. The molecule has 0 bridgehead atoms. The number of rotatable bonds is 10. The molecule has 198 valence electrons. The van der Waals surface area contributed by atoms with Gasteiger partial charge in [-0.05, 0) is 61.3 Å². The van der Waals surface area contributed by atoms with Crippen molar-refractivity contribution in [2.24, 2.45) is 0 Å². The number of nitrogens with one attached hydrogen (secondary N) is 1. The van der Waals surface area contributed by atoms with Gasteiger partial charge in [-0.3, -0.25) is 14.4 Å². The van der Waals surface area contributed by atoms with Crippen LogP contribution in [0.2, 0.25) is 0 Å². The van der Waals surface area contributed by atoms with Crippen LogP contribution < -0.4 is 10.2 Å². The highest BCUT2D eigenvalue weighted by atomic mass is 16.2. The number of carbonyl (C=O) groups excluding carboxylic acids is 3. The molecule has 38 heavy (non-hydrogen) atoms. The molecule has 6 heteroatoms. The summed E-state index contributed by atoms with van der Waals surface area (Å²) >= 11 is 0. The fraction of sp³-hybridized carbons (Fsp3) is 0.406. The molecular weight excluding hydrogens is 474 g/mol. The minimum Gasteiger partial charge on any atom is -0.352 e. The molecule has 3 aromatic carbocycles. The van der Waals surface area contributed by atoms with Crippen LogP contribution in [-0.2, 0) is 16.1 Å². The molecule has 3 amide bonds. The topological polar surface area (TPSA) is 69.7 Å². The summed E-state index contributed by atoms with van der Waals surface area (Å²) in [5.74, 6) is -0.120. The van der Waals surface area contributed by atoms with Gasteiger partial charge in [-0.25, -0.2) is 0 Å². The van der Waals surface area contributed by atoms with Gasteiger partial charge in [0, 0.05) is 36.5 Å². The Morgan fingerprint density at radius 3 is 2.50 bits per heavy atom. The van der Waals surface area contributed by atoms with Gasteiger partial charge in [0.25, 0.3) is 5.91 Å². The third-order valence-corrected chi connectivity index (χ3v) is 8.11. The van der Waals surface area contributed by atoms with Crippen LogP contribution >= 0.6 is 0 Å². The smallest absolute Gasteiger partial charge is 0.258 e. The first-order valence-corrected chi connectivity index (χ1v) is 14.0. The van der Waals surface area contributed by atoms with E-state index in [4.69, 9.17) is 0 Å². The number of hydrogen-bond donors (Lipinski definition) is 1. The zero-order valence-electron chi connectivity index (χ0n) is 22.4. The first-order chi connectivity index (χ1) is 18.5. The summed E-state index contributed by atoms with van der Waals surface area (Å²) in [6, 6.07) is 19.5. The highest BCUT2D eigenvalue weighted by Crippen LogP contribution is 2.37. The molecule has 3 aromatic rings. The van der Waals surface area contributed by atoms with Crippen LogP contribution in [-0.4, -0.2) is 41.2 Å². The minimum absolute atomic E-state index is 0.0107. The Kier molecular flexibility index (Phi) is 7.77.